The van der Waals surface area contributed by atoms with Crippen molar-refractivity contribution >= 4 is 22.3 Å². The van der Waals surface area contributed by atoms with Crippen LogP contribution in [0.1, 0.15) is 17.8 Å². The van der Waals surface area contributed by atoms with Gasteiger partial charge in [0.25, 0.3) is 0 Å². The summed E-state index contributed by atoms with van der Waals surface area (Å²) in [6.45, 7) is 3.40. The maximum atomic E-state index is 12.7. The third-order valence-electron chi connectivity index (χ3n) is 4.31. The number of anilines is 2. The number of hydrogen-bond acceptors (Lipinski definition) is 6. The normalized spacial score (nSPS) is 23.8. The highest BCUT2D eigenvalue weighted by Crippen LogP contribution is 2.41. The van der Waals surface area contributed by atoms with Crippen molar-refractivity contribution in [2.75, 3.05) is 22.9 Å². The zero-order valence-corrected chi connectivity index (χ0v) is 13.1. The number of piperazine rings is 1. The number of fused-ring (bicyclic) bond motifs is 2. The summed E-state index contributed by atoms with van der Waals surface area (Å²) < 4.78 is 38.1. The Morgan fingerprint density at radius 3 is 2.57 bits per heavy atom. The van der Waals surface area contributed by atoms with Crippen LogP contribution in [0.3, 0.4) is 0 Å². The molecule has 0 amide bonds. The van der Waals surface area contributed by atoms with Crippen molar-refractivity contribution in [2.45, 2.75) is 31.6 Å². The number of thiazole rings is 1. The van der Waals surface area contributed by atoms with Crippen LogP contribution in [-0.2, 0) is 6.18 Å². The van der Waals surface area contributed by atoms with Gasteiger partial charge in [-0.25, -0.2) is 15.0 Å². The molecule has 122 valence electrons. The Hall–Kier alpha value is -1.90. The van der Waals surface area contributed by atoms with Crippen LogP contribution < -0.4 is 9.80 Å². The van der Waals surface area contributed by atoms with Crippen molar-refractivity contribution in [3.05, 3.63) is 29.2 Å². The summed E-state index contributed by atoms with van der Waals surface area (Å²) in [5.74, 6) is 0.877. The number of hydrogen-bond donors (Lipinski definition) is 0. The maximum absolute atomic E-state index is 12.7. The molecule has 2 aromatic heterocycles. The minimum absolute atomic E-state index is 0.191. The lowest BCUT2D eigenvalue weighted by Gasteiger charge is -2.56. The fourth-order valence-electron chi connectivity index (χ4n) is 3.24. The van der Waals surface area contributed by atoms with Gasteiger partial charge in [-0.2, -0.15) is 13.2 Å². The molecule has 2 aromatic rings. The zero-order chi connectivity index (χ0) is 16.2. The second-order valence-electron chi connectivity index (χ2n) is 5.89. The van der Waals surface area contributed by atoms with Gasteiger partial charge in [0.15, 0.2) is 10.8 Å². The molecule has 23 heavy (non-hydrogen) atoms. The Bertz CT molecular complexity index is 719. The molecule has 0 aromatic carbocycles. The lowest BCUT2D eigenvalue weighted by Crippen LogP contribution is -2.69. The molecule has 2 atom stereocenters. The van der Waals surface area contributed by atoms with Gasteiger partial charge < -0.3 is 9.80 Å². The Morgan fingerprint density at radius 1 is 1.22 bits per heavy atom. The fraction of sp³-hybridized carbons (Fsp3) is 0.500. The molecule has 0 aliphatic carbocycles. The van der Waals surface area contributed by atoms with Crippen molar-refractivity contribution in [3.63, 3.8) is 0 Å². The molecule has 0 spiro atoms. The van der Waals surface area contributed by atoms with Crippen molar-refractivity contribution in [1.82, 2.24) is 15.0 Å². The lowest BCUT2D eigenvalue weighted by atomic mass is 9.88. The molecule has 0 radical (unpaired) electrons. The first-order valence-corrected chi connectivity index (χ1v) is 8.14. The SMILES string of the molecule is Cc1cc(N2CC3CC(C2)N3c2nc(C(F)(F)F)cs2)ncn1. The number of halogens is 3. The number of nitrogens with zero attached hydrogens (tertiary/aromatic N) is 5. The molecule has 0 saturated carbocycles. The largest absolute Gasteiger partial charge is 0.434 e. The van der Waals surface area contributed by atoms with Crippen LogP contribution in [0.15, 0.2) is 17.8 Å². The van der Waals surface area contributed by atoms with E-state index in [-0.39, 0.29) is 12.1 Å². The van der Waals surface area contributed by atoms with Gasteiger partial charge in [0.1, 0.15) is 12.1 Å². The Kier molecular flexibility index (Phi) is 3.22. The predicted octanol–water partition coefficient (Wildman–Crippen LogP) is 2.73. The smallest absolute Gasteiger partial charge is 0.352 e. The molecule has 3 aliphatic rings. The van der Waals surface area contributed by atoms with Gasteiger partial charge in [0, 0.05) is 30.2 Å². The van der Waals surface area contributed by atoms with Crippen LogP contribution >= 0.6 is 11.3 Å². The monoisotopic (exact) mass is 341 g/mol. The van der Waals surface area contributed by atoms with Gasteiger partial charge in [-0.05, 0) is 13.3 Å². The van der Waals surface area contributed by atoms with Crippen molar-refractivity contribution in [2.24, 2.45) is 0 Å². The van der Waals surface area contributed by atoms with Crippen LogP contribution in [0.5, 0.6) is 0 Å². The minimum atomic E-state index is -4.38. The van der Waals surface area contributed by atoms with E-state index in [0.717, 1.165) is 47.7 Å². The van der Waals surface area contributed by atoms with E-state index in [2.05, 4.69) is 19.9 Å². The van der Waals surface area contributed by atoms with E-state index in [1.54, 1.807) is 6.33 Å². The van der Waals surface area contributed by atoms with E-state index in [9.17, 15) is 13.2 Å². The summed E-state index contributed by atoms with van der Waals surface area (Å²) >= 11 is 1.07. The highest BCUT2D eigenvalue weighted by molar-refractivity contribution is 7.13. The van der Waals surface area contributed by atoms with Gasteiger partial charge in [0.05, 0.1) is 12.1 Å². The second kappa shape index (κ2) is 5.05. The average molecular weight is 341 g/mol. The van der Waals surface area contributed by atoms with Crippen LogP contribution in [0, 0.1) is 6.92 Å². The van der Waals surface area contributed by atoms with Crippen LogP contribution in [0.25, 0.3) is 0 Å². The highest BCUT2D eigenvalue weighted by atomic mass is 32.1. The Balaban J connectivity index is 1.51. The van der Waals surface area contributed by atoms with E-state index in [1.807, 2.05) is 17.9 Å². The van der Waals surface area contributed by atoms with Crippen LogP contribution in [-0.4, -0.2) is 40.1 Å². The van der Waals surface area contributed by atoms with Crippen molar-refractivity contribution in [1.29, 1.82) is 0 Å². The van der Waals surface area contributed by atoms with E-state index >= 15 is 0 Å². The third kappa shape index (κ3) is 2.52. The summed E-state index contributed by atoms with van der Waals surface area (Å²) in [4.78, 5) is 16.3. The van der Waals surface area contributed by atoms with Crippen molar-refractivity contribution in [3.8, 4) is 0 Å². The number of aromatic nitrogens is 3. The molecule has 2 bridgehead atoms. The predicted molar refractivity (Wildman–Crippen MR) is 80.8 cm³/mol. The first kappa shape index (κ1) is 14.7. The Labute approximate surface area is 134 Å². The molecule has 5 nitrogen and oxygen atoms in total. The van der Waals surface area contributed by atoms with E-state index in [0.29, 0.717) is 5.13 Å². The van der Waals surface area contributed by atoms with Gasteiger partial charge in [-0.1, -0.05) is 0 Å². The summed E-state index contributed by atoms with van der Waals surface area (Å²) in [7, 11) is 0. The molecule has 3 saturated heterocycles. The third-order valence-corrected chi connectivity index (χ3v) is 5.16. The van der Waals surface area contributed by atoms with Crippen LogP contribution in [0.4, 0.5) is 24.1 Å². The fourth-order valence-corrected chi connectivity index (χ4v) is 4.21. The quantitative estimate of drug-likeness (QED) is 0.840. The number of alkyl halides is 3. The standard InChI is InChI=1S/C14H14F3N5S/c1-8-2-12(19-7-18-8)21-4-9-3-10(5-21)22(9)13-20-11(6-23-13)14(15,16)17/h2,6-7,9-10H,3-5H2,1H3. The number of piperidine rings is 1. The summed E-state index contributed by atoms with van der Waals surface area (Å²) in [6, 6.07) is 2.31. The summed E-state index contributed by atoms with van der Waals surface area (Å²) in [6.07, 6.45) is -1.85. The minimum Gasteiger partial charge on any atom is -0.352 e. The first-order chi connectivity index (χ1) is 10.9. The molecule has 5 heterocycles. The molecule has 3 aliphatic heterocycles. The molecule has 5 rings (SSSR count). The second-order valence-corrected chi connectivity index (χ2v) is 6.72. The van der Waals surface area contributed by atoms with Crippen LogP contribution in [0.2, 0.25) is 0 Å². The van der Waals surface area contributed by atoms with Gasteiger partial charge >= 0.3 is 6.18 Å². The molecular weight excluding hydrogens is 327 g/mol. The highest BCUT2D eigenvalue weighted by Gasteiger charge is 2.47. The maximum Gasteiger partial charge on any atom is 0.434 e. The number of rotatable bonds is 2. The molecule has 9 heteroatoms. The molecule has 0 N–H and O–H groups in total. The van der Waals surface area contributed by atoms with Gasteiger partial charge in [-0.3, -0.25) is 0 Å². The zero-order valence-electron chi connectivity index (χ0n) is 12.3. The van der Waals surface area contributed by atoms with E-state index in [4.69, 9.17) is 0 Å². The lowest BCUT2D eigenvalue weighted by molar-refractivity contribution is -0.140. The molecular formula is C14H14F3N5S. The van der Waals surface area contributed by atoms with Gasteiger partial charge in [-0.15, -0.1) is 11.3 Å². The number of aryl methyl sites for hydroxylation is 1. The Morgan fingerprint density at radius 2 is 1.96 bits per heavy atom. The average Bonchev–Trinajstić information content (AvgIpc) is 2.96. The van der Waals surface area contributed by atoms with Gasteiger partial charge in [0.2, 0.25) is 0 Å². The van der Waals surface area contributed by atoms with E-state index < -0.39 is 11.9 Å². The van der Waals surface area contributed by atoms with Crippen molar-refractivity contribution < 1.29 is 13.2 Å². The summed E-state index contributed by atoms with van der Waals surface area (Å²) in [5.41, 5.74) is 0.103. The van der Waals surface area contributed by atoms with E-state index in [1.165, 1.54) is 0 Å². The summed E-state index contributed by atoms with van der Waals surface area (Å²) in [5, 5.41) is 1.56. The topological polar surface area (TPSA) is 45.2 Å². The first-order valence-electron chi connectivity index (χ1n) is 7.26. The molecule has 3 fully saturated rings. The molecule has 2 unspecified atom stereocenters.